The fourth-order valence-corrected chi connectivity index (χ4v) is 5.24. The zero-order chi connectivity index (χ0) is 27.7. The van der Waals surface area contributed by atoms with Crippen LogP contribution in [0.5, 0.6) is 5.75 Å². The van der Waals surface area contributed by atoms with Crippen LogP contribution in [0.15, 0.2) is 30.9 Å². The molecule has 0 amide bonds. The first-order chi connectivity index (χ1) is 18.7. The van der Waals surface area contributed by atoms with Gasteiger partial charge in [-0.15, -0.1) is 0 Å². The molecule has 11 heteroatoms. The number of carbonyl (C=O) groups excluding carboxylic acids is 1. The number of aliphatic hydroxyl groups is 1. The average molecular weight is 539 g/mol. The molecule has 1 fully saturated rings. The summed E-state index contributed by atoms with van der Waals surface area (Å²) >= 11 is 0. The summed E-state index contributed by atoms with van der Waals surface area (Å²) in [5.41, 5.74) is 8.57. The van der Waals surface area contributed by atoms with E-state index in [4.69, 9.17) is 19.9 Å². The lowest BCUT2D eigenvalue weighted by molar-refractivity contribution is -0.144. The number of nitrogens with zero attached hydrogens (tertiary/aromatic N) is 4. The molecule has 39 heavy (non-hydrogen) atoms. The number of rotatable bonds is 12. The predicted octanol–water partition coefficient (Wildman–Crippen LogP) is 2.18. The van der Waals surface area contributed by atoms with Gasteiger partial charge in [0.1, 0.15) is 23.1 Å². The minimum absolute atomic E-state index is 0.0606. The number of carbonyl (C=O) groups is 1. The lowest BCUT2D eigenvalue weighted by Crippen LogP contribution is -2.52. The van der Waals surface area contributed by atoms with Gasteiger partial charge in [-0.1, -0.05) is 6.07 Å². The van der Waals surface area contributed by atoms with Crippen molar-refractivity contribution in [3.05, 3.63) is 42.0 Å². The molecule has 2 aromatic heterocycles. The van der Waals surface area contributed by atoms with E-state index in [0.717, 1.165) is 19.3 Å². The van der Waals surface area contributed by atoms with Crippen molar-refractivity contribution in [2.24, 2.45) is 0 Å². The van der Waals surface area contributed by atoms with E-state index in [1.54, 1.807) is 13.3 Å². The molecule has 3 aromatic rings. The van der Waals surface area contributed by atoms with Crippen LogP contribution in [0.3, 0.4) is 0 Å². The molecule has 2 aliphatic rings. The van der Waals surface area contributed by atoms with Gasteiger partial charge in [0.15, 0.2) is 23.9 Å². The van der Waals surface area contributed by atoms with E-state index in [0.29, 0.717) is 29.3 Å². The molecule has 0 spiro atoms. The van der Waals surface area contributed by atoms with E-state index in [-0.39, 0.29) is 24.6 Å². The summed E-state index contributed by atoms with van der Waals surface area (Å²) in [4.78, 5) is 25.9. The Morgan fingerprint density at radius 3 is 2.69 bits per heavy atom. The Morgan fingerprint density at radius 1 is 1.15 bits per heavy atom. The Balaban J connectivity index is 1.30. The molecule has 2 heterocycles. The van der Waals surface area contributed by atoms with Crippen molar-refractivity contribution in [1.29, 1.82) is 0 Å². The molecular formula is C28H38N6O5. The van der Waals surface area contributed by atoms with Crippen LogP contribution >= 0.6 is 0 Å². The molecule has 11 nitrogen and oxygen atoms in total. The molecule has 2 aliphatic carbocycles. The highest BCUT2D eigenvalue weighted by Gasteiger charge is 2.69. The predicted molar refractivity (Wildman–Crippen MR) is 145 cm³/mol. The Kier molecular flexibility index (Phi) is 7.86. The summed E-state index contributed by atoms with van der Waals surface area (Å²) in [5, 5.41) is 13.8. The monoisotopic (exact) mass is 538 g/mol. The van der Waals surface area contributed by atoms with Gasteiger partial charge in [0.2, 0.25) is 5.78 Å². The van der Waals surface area contributed by atoms with E-state index < -0.39 is 24.0 Å². The first-order valence-corrected chi connectivity index (χ1v) is 13.6. The van der Waals surface area contributed by atoms with Crippen LogP contribution < -0.4 is 15.8 Å². The second-order valence-corrected chi connectivity index (χ2v) is 10.9. The number of ketones is 1. The van der Waals surface area contributed by atoms with E-state index in [1.807, 2.05) is 37.5 Å². The number of Topliss-reactive ketones (excluding diaryl/α,β-unsaturated/α-hetero) is 1. The molecule has 5 atom stereocenters. The van der Waals surface area contributed by atoms with Gasteiger partial charge in [0.25, 0.3) is 0 Å². The third kappa shape index (κ3) is 5.76. The number of imidazole rings is 1. The van der Waals surface area contributed by atoms with Crippen LogP contribution in [0.25, 0.3) is 11.2 Å². The summed E-state index contributed by atoms with van der Waals surface area (Å²) < 4.78 is 19.8. The summed E-state index contributed by atoms with van der Waals surface area (Å²) in [6.07, 6.45) is 5.19. The van der Waals surface area contributed by atoms with Gasteiger partial charge in [-0.25, -0.2) is 15.0 Å². The normalized spacial score (nSPS) is 23.0. The van der Waals surface area contributed by atoms with E-state index >= 15 is 0 Å². The topological polar surface area (TPSA) is 147 Å². The minimum Gasteiger partial charge on any atom is -0.480 e. The van der Waals surface area contributed by atoms with Crippen molar-refractivity contribution in [2.45, 2.75) is 96.1 Å². The van der Waals surface area contributed by atoms with Gasteiger partial charge in [0.05, 0.1) is 37.7 Å². The number of aliphatic hydroxyl groups excluding tert-OH is 1. The van der Waals surface area contributed by atoms with Gasteiger partial charge in [-0.05, 0) is 76.6 Å². The second kappa shape index (κ2) is 11.2. The molecule has 0 bridgehead atoms. The zero-order valence-corrected chi connectivity index (χ0v) is 23.0. The number of fused-ring (bicyclic) bond motifs is 2. The number of ether oxygens (including phenoxy) is 3. The van der Waals surface area contributed by atoms with Gasteiger partial charge in [-0.3, -0.25) is 10.1 Å². The van der Waals surface area contributed by atoms with E-state index in [1.165, 1.54) is 23.9 Å². The largest absolute Gasteiger partial charge is 0.480 e. The quantitative estimate of drug-likeness (QED) is 0.293. The standard InChI is InChI=1S/C28H38N6O5/c1-16(2)38-27(36)18(4)33-28(13-37-17(3)12-34-15-32-22-25(29)30-14-31-26(22)34)23(35)24(28)39-21-10-9-19-7-5-6-8-20(19)11-21/h9-11,14-18,24,27,33,36H,5-8,12-13H2,1-4H3,(H2,29,30,31)/t17-,18+,24?,27?,28?/m1/s1. The van der Waals surface area contributed by atoms with Crippen molar-refractivity contribution in [2.75, 3.05) is 12.3 Å². The number of nitrogen functional groups attached to an aromatic ring is 1. The third-order valence-corrected chi connectivity index (χ3v) is 7.42. The number of benzene rings is 1. The van der Waals surface area contributed by atoms with Crippen LogP contribution in [-0.2, 0) is 33.7 Å². The number of anilines is 1. The van der Waals surface area contributed by atoms with Crippen molar-refractivity contribution in [3.63, 3.8) is 0 Å². The third-order valence-electron chi connectivity index (χ3n) is 7.42. The molecule has 4 N–H and O–H groups in total. The average Bonchev–Trinajstić information content (AvgIpc) is 3.21. The lowest BCUT2D eigenvalue weighted by Gasteiger charge is -2.28. The Labute approximate surface area is 228 Å². The highest BCUT2D eigenvalue weighted by atomic mass is 16.6. The van der Waals surface area contributed by atoms with Crippen LogP contribution in [0.4, 0.5) is 5.82 Å². The maximum Gasteiger partial charge on any atom is 0.202 e. The number of aromatic nitrogens is 4. The molecule has 5 rings (SSSR count). The van der Waals surface area contributed by atoms with Crippen LogP contribution in [0, 0.1) is 0 Å². The second-order valence-electron chi connectivity index (χ2n) is 10.9. The molecule has 0 saturated heterocycles. The highest BCUT2D eigenvalue weighted by molar-refractivity contribution is 6.11. The molecule has 3 unspecified atom stereocenters. The van der Waals surface area contributed by atoms with Crippen molar-refractivity contribution >= 4 is 22.8 Å². The first kappa shape index (κ1) is 27.4. The molecule has 0 radical (unpaired) electrons. The smallest absolute Gasteiger partial charge is 0.202 e. The van der Waals surface area contributed by atoms with Crippen LogP contribution in [0.2, 0.25) is 0 Å². The minimum atomic E-state index is -1.12. The molecule has 1 saturated carbocycles. The van der Waals surface area contributed by atoms with E-state index in [9.17, 15) is 9.90 Å². The Bertz CT molecular complexity index is 1330. The Hall–Kier alpha value is -3.12. The van der Waals surface area contributed by atoms with E-state index in [2.05, 4.69) is 26.3 Å². The highest BCUT2D eigenvalue weighted by Crippen LogP contribution is 2.38. The maximum atomic E-state index is 13.3. The summed E-state index contributed by atoms with van der Waals surface area (Å²) in [6.45, 7) is 7.89. The number of nitrogens with two attached hydrogens (primary N) is 1. The molecule has 210 valence electrons. The summed E-state index contributed by atoms with van der Waals surface area (Å²) in [6, 6.07) is 5.54. The van der Waals surface area contributed by atoms with Gasteiger partial charge < -0.3 is 29.6 Å². The fraction of sp³-hybridized carbons (Fsp3) is 0.571. The van der Waals surface area contributed by atoms with Crippen molar-refractivity contribution in [1.82, 2.24) is 24.8 Å². The maximum absolute atomic E-state index is 13.3. The summed E-state index contributed by atoms with van der Waals surface area (Å²) in [5.74, 6) is 0.863. The number of aryl methyl sites for hydroxylation is 2. The fourth-order valence-electron chi connectivity index (χ4n) is 5.24. The summed E-state index contributed by atoms with van der Waals surface area (Å²) in [7, 11) is 0. The zero-order valence-electron chi connectivity index (χ0n) is 23.0. The Morgan fingerprint density at radius 2 is 1.92 bits per heavy atom. The number of hydrogen-bond donors (Lipinski definition) is 3. The molecular weight excluding hydrogens is 500 g/mol. The molecule has 0 aliphatic heterocycles. The number of hydrogen-bond acceptors (Lipinski definition) is 10. The SMILES string of the molecule is CC(C)OC(O)[C@H](C)NC1(CO[C@H](C)Cn2cnc3c(N)ncnc32)C(=O)C1Oc1ccc2c(c1)CCCC2. The van der Waals surface area contributed by atoms with Crippen molar-refractivity contribution < 1.29 is 24.1 Å². The number of nitrogens with one attached hydrogen (secondary N) is 1. The van der Waals surface area contributed by atoms with Gasteiger partial charge >= 0.3 is 0 Å². The lowest BCUT2D eigenvalue weighted by atomic mass is 9.92. The molecule has 1 aromatic carbocycles. The van der Waals surface area contributed by atoms with Crippen LogP contribution in [0.1, 0.15) is 51.7 Å². The first-order valence-electron chi connectivity index (χ1n) is 13.6. The van der Waals surface area contributed by atoms with Gasteiger partial charge in [-0.2, -0.15) is 0 Å². The van der Waals surface area contributed by atoms with Crippen molar-refractivity contribution in [3.8, 4) is 5.75 Å². The van der Waals surface area contributed by atoms with Crippen LogP contribution in [-0.4, -0.2) is 73.2 Å². The van der Waals surface area contributed by atoms with Gasteiger partial charge in [0, 0.05) is 0 Å².